The SMILES string of the molecule is c1cncc(O[C@H]2CN(CC3CC3)Cc3cccn3C2)c1. The number of hydrogen-bond donors (Lipinski definition) is 0. The molecule has 1 aliphatic carbocycles. The number of fused-ring (bicyclic) bond motifs is 1. The number of pyridine rings is 1. The van der Waals surface area contributed by atoms with E-state index in [1.165, 1.54) is 25.1 Å². The summed E-state index contributed by atoms with van der Waals surface area (Å²) in [6, 6.07) is 8.28. The van der Waals surface area contributed by atoms with Crippen molar-refractivity contribution >= 4 is 0 Å². The number of ether oxygens (including phenoxy) is 1. The number of hydrogen-bond acceptors (Lipinski definition) is 3. The molecule has 21 heavy (non-hydrogen) atoms. The minimum absolute atomic E-state index is 0.182. The number of rotatable bonds is 4. The minimum Gasteiger partial charge on any atom is -0.486 e. The summed E-state index contributed by atoms with van der Waals surface area (Å²) in [6.07, 6.45) is 8.71. The van der Waals surface area contributed by atoms with Crippen LogP contribution in [0.3, 0.4) is 0 Å². The predicted molar refractivity (Wildman–Crippen MR) is 81.1 cm³/mol. The molecule has 4 nitrogen and oxygen atoms in total. The molecule has 2 aromatic rings. The summed E-state index contributed by atoms with van der Waals surface area (Å²) in [5.74, 6) is 1.77. The third kappa shape index (κ3) is 3.10. The topological polar surface area (TPSA) is 30.3 Å². The van der Waals surface area contributed by atoms with E-state index in [0.29, 0.717) is 0 Å². The maximum atomic E-state index is 6.17. The Hall–Kier alpha value is -1.81. The molecule has 0 aromatic carbocycles. The molecule has 110 valence electrons. The smallest absolute Gasteiger partial charge is 0.138 e. The molecule has 3 heterocycles. The van der Waals surface area contributed by atoms with Gasteiger partial charge in [0.15, 0.2) is 0 Å². The molecule has 1 aliphatic heterocycles. The van der Waals surface area contributed by atoms with Crippen molar-refractivity contribution in [2.75, 3.05) is 13.1 Å². The van der Waals surface area contributed by atoms with Crippen LogP contribution < -0.4 is 4.74 Å². The van der Waals surface area contributed by atoms with Gasteiger partial charge in [-0.1, -0.05) is 0 Å². The zero-order valence-electron chi connectivity index (χ0n) is 12.2. The van der Waals surface area contributed by atoms with Crippen molar-refractivity contribution in [2.24, 2.45) is 5.92 Å². The maximum Gasteiger partial charge on any atom is 0.138 e. The fourth-order valence-electron chi connectivity index (χ4n) is 3.12. The molecule has 1 fully saturated rings. The van der Waals surface area contributed by atoms with E-state index in [2.05, 4.69) is 32.8 Å². The van der Waals surface area contributed by atoms with Crippen molar-refractivity contribution in [2.45, 2.75) is 32.0 Å². The minimum atomic E-state index is 0.182. The second-order valence-electron chi connectivity index (χ2n) is 6.22. The van der Waals surface area contributed by atoms with Crippen LogP contribution in [-0.2, 0) is 13.1 Å². The maximum absolute atomic E-state index is 6.17. The van der Waals surface area contributed by atoms with Gasteiger partial charge in [0.2, 0.25) is 0 Å². The molecule has 1 atom stereocenters. The number of nitrogens with zero attached hydrogens (tertiary/aromatic N) is 3. The lowest BCUT2D eigenvalue weighted by Gasteiger charge is -2.24. The highest BCUT2D eigenvalue weighted by Gasteiger charge is 2.28. The Kier molecular flexibility index (Phi) is 3.39. The van der Waals surface area contributed by atoms with Crippen LogP contribution in [0.2, 0.25) is 0 Å². The fourth-order valence-corrected chi connectivity index (χ4v) is 3.12. The highest BCUT2D eigenvalue weighted by Crippen LogP contribution is 2.31. The lowest BCUT2D eigenvalue weighted by Crippen LogP contribution is -2.36. The molecule has 0 amide bonds. The highest BCUT2D eigenvalue weighted by molar-refractivity contribution is 5.16. The molecule has 0 radical (unpaired) electrons. The molecular formula is C17H21N3O. The molecule has 1 saturated carbocycles. The third-order valence-electron chi connectivity index (χ3n) is 4.32. The largest absolute Gasteiger partial charge is 0.486 e. The molecule has 0 saturated heterocycles. The first-order valence-corrected chi connectivity index (χ1v) is 7.80. The lowest BCUT2D eigenvalue weighted by atomic mass is 10.3. The summed E-state index contributed by atoms with van der Waals surface area (Å²) in [4.78, 5) is 6.69. The first-order chi connectivity index (χ1) is 10.4. The van der Waals surface area contributed by atoms with E-state index in [1.54, 1.807) is 12.4 Å². The van der Waals surface area contributed by atoms with Gasteiger partial charge < -0.3 is 9.30 Å². The van der Waals surface area contributed by atoms with Crippen LogP contribution in [0.25, 0.3) is 0 Å². The fraction of sp³-hybridized carbons (Fsp3) is 0.471. The highest BCUT2D eigenvalue weighted by atomic mass is 16.5. The predicted octanol–water partition coefficient (Wildman–Crippen LogP) is 2.56. The van der Waals surface area contributed by atoms with Gasteiger partial charge in [-0.25, -0.2) is 0 Å². The van der Waals surface area contributed by atoms with Crippen molar-refractivity contribution in [1.29, 1.82) is 0 Å². The summed E-state index contributed by atoms with van der Waals surface area (Å²) in [5, 5.41) is 0. The van der Waals surface area contributed by atoms with Gasteiger partial charge in [0, 0.05) is 37.7 Å². The summed E-state index contributed by atoms with van der Waals surface area (Å²) in [5.41, 5.74) is 1.40. The quantitative estimate of drug-likeness (QED) is 0.864. The summed E-state index contributed by atoms with van der Waals surface area (Å²) < 4.78 is 8.50. The molecular weight excluding hydrogens is 262 g/mol. The van der Waals surface area contributed by atoms with E-state index in [1.807, 2.05) is 12.1 Å². The van der Waals surface area contributed by atoms with Crippen LogP contribution >= 0.6 is 0 Å². The van der Waals surface area contributed by atoms with Crippen molar-refractivity contribution in [3.63, 3.8) is 0 Å². The van der Waals surface area contributed by atoms with Crippen molar-refractivity contribution in [3.8, 4) is 5.75 Å². The third-order valence-corrected chi connectivity index (χ3v) is 4.32. The van der Waals surface area contributed by atoms with Crippen molar-refractivity contribution in [1.82, 2.24) is 14.5 Å². The standard InChI is InChI=1S/C17H21N3O/c1-4-16(9-18-7-1)21-17-12-19(10-14-5-6-14)11-15-3-2-8-20(15)13-17/h1-4,7-9,14,17H,5-6,10-13H2/t17-/m0/s1. The van der Waals surface area contributed by atoms with Gasteiger partial charge in [-0.05, 0) is 43.0 Å². The first-order valence-electron chi connectivity index (χ1n) is 7.80. The van der Waals surface area contributed by atoms with Gasteiger partial charge in [0.05, 0.1) is 12.7 Å². The van der Waals surface area contributed by atoms with Gasteiger partial charge in [-0.15, -0.1) is 0 Å². The van der Waals surface area contributed by atoms with E-state index < -0.39 is 0 Å². The monoisotopic (exact) mass is 283 g/mol. The summed E-state index contributed by atoms with van der Waals surface area (Å²) in [7, 11) is 0. The van der Waals surface area contributed by atoms with E-state index in [9.17, 15) is 0 Å². The first kappa shape index (κ1) is 12.9. The van der Waals surface area contributed by atoms with Crippen LogP contribution in [0.15, 0.2) is 42.9 Å². The molecule has 0 spiro atoms. The van der Waals surface area contributed by atoms with Crippen LogP contribution in [0.1, 0.15) is 18.5 Å². The Morgan fingerprint density at radius 1 is 1.19 bits per heavy atom. The van der Waals surface area contributed by atoms with Crippen molar-refractivity contribution < 1.29 is 4.74 Å². The zero-order valence-corrected chi connectivity index (χ0v) is 12.2. The van der Waals surface area contributed by atoms with Gasteiger partial charge in [-0.2, -0.15) is 0 Å². The molecule has 0 N–H and O–H groups in total. The molecule has 0 unspecified atom stereocenters. The Morgan fingerprint density at radius 2 is 2.14 bits per heavy atom. The van der Waals surface area contributed by atoms with Gasteiger partial charge >= 0.3 is 0 Å². The van der Waals surface area contributed by atoms with Crippen LogP contribution in [-0.4, -0.2) is 33.6 Å². The van der Waals surface area contributed by atoms with Gasteiger partial charge in [0.1, 0.15) is 11.9 Å². The normalized spacial score (nSPS) is 22.6. The molecule has 2 aliphatic rings. The van der Waals surface area contributed by atoms with Crippen LogP contribution in [0, 0.1) is 5.92 Å². The Labute approximate surface area is 125 Å². The average molecular weight is 283 g/mol. The van der Waals surface area contributed by atoms with Crippen molar-refractivity contribution in [3.05, 3.63) is 48.5 Å². The van der Waals surface area contributed by atoms with Crippen LogP contribution in [0.4, 0.5) is 0 Å². The summed E-state index contributed by atoms with van der Waals surface area (Å²) in [6.45, 7) is 4.15. The Morgan fingerprint density at radius 3 is 2.95 bits per heavy atom. The molecule has 0 bridgehead atoms. The molecule has 4 heteroatoms. The Balaban J connectivity index is 1.52. The second kappa shape index (κ2) is 5.53. The van der Waals surface area contributed by atoms with E-state index in [0.717, 1.165) is 31.3 Å². The molecule has 4 rings (SSSR count). The van der Waals surface area contributed by atoms with Crippen LogP contribution in [0.5, 0.6) is 5.75 Å². The van der Waals surface area contributed by atoms with Gasteiger partial charge in [-0.3, -0.25) is 9.88 Å². The zero-order chi connectivity index (χ0) is 14.1. The van der Waals surface area contributed by atoms with E-state index >= 15 is 0 Å². The average Bonchev–Trinajstić information content (AvgIpc) is 3.23. The summed E-state index contributed by atoms with van der Waals surface area (Å²) >= 11 is 0. The van der Waals surface area contributed by atoms with Gasteiger partial charge in [0.25, 0.3) is 0 Å². The van der Waals surface area contributed by atoms with E-state index in [4.69, 9.17) is 4.74 Å². The lowest BCUT2D eigenvalue weighted by molar-refractivity contribution is 0.124. The van der Waals surface area contributed by atoms with E-state index in [-0.39, 0.29) is 6.10 Å². The second-order valence-corrected chi connectivity index (χ2v) is 6.22. The Bertz CT molecular complexity index is 591. The molecule has 2 aromatic heterocycles. The number of aromatic nitrogens is 2.